The molecule has 1 fully saturated rings. The fraction of sp³-hybridized carbons (Fsp3) is 0.565. The average Bonchev–Trinajstić information content (AvgIpc) is 2.66. The summed E-state index contributed by atoms with van der Waals surface area (Å²) < 4.78 is 5.44. The smallest absolute Gasteiger partial charge is 0.410 e. The number of nitrogens with zero attached hydrogens (tertiary/aromatic N) is 2. The maximum atomic E-state index is 12.6. The van der Waals surface area contributed by atoms with Gasteiger partial charge in [-0.3, -0.25) is 9.69 Å². The average molecular weight is 434 g/mol. The largest absolute Gasteiger partial charge is 0.444 e. The molecule has 0 aliphatic carbocycles. The molecule has 1 heterocycles. The molecule has 1 unspecified atom stereocenters. The number of benzene rings is 1. The van der Waals surface area contributed by atoms with Gasteiger partial charge in [0.25, 0.3) is 0 Å². The lowest BCUT2D eigenvalue weighted by molar-refractivity contribution is -0.117. The van der Waals surface area contributed by atoms with E-state index in [0.717, 1.165) is 42.3 Å². The minimum Gasteiger partial charge on any atom is -0.444 e. The van der Waals surface area contributed by atoms with Gasteiger partial charge in [0.2, 0.25) is 5.91 Å². The Balaban J connectivity index is 1.85. The fourth-order valence-electron chi connectivity index (χ4n) is 3.48. The summed E-state index contributed by atoms with van der Waals surface area (Å²) in [5, 5.41) is 3.05. The number of amides is 2. The number of piperidine rings is 1. The van der Waals surface area contributed by atoms with Crippen molar-refractivity contribution in [3.8, 4) is 0 Å². The van der Waals surface area contributed by atoms with Crippen molar-refractivity contribution in [2.75, 3.05) is 44.3 Å². The first-order chi connectivity index (χ1) is 14.2. The Kier molecular flexibility index (Phi) is 9.24. The van der Waals surface area contributed by atoms with E-state index in [-0.39, 0.29) is 12.0 Å². The standard InChI is InChI=1S/C23H35N3O3S/c1-6-14-30-20-12-8-7-11-19(20)24-21(27)17-26-13-9-10-18(16-26)15-25(5)22(28)29-23(2,3)4/h6-8,11-12,18H,1,9-10,13-17H2,2-5H3,(H,24,27). The molecule has 0 aromatic heterocycles. The van der Waals surface area contributed by atoms with E-state index in [0.29, 0.717) is 19.0 Å². The number of hydrogen-bond donors (Lipinski definition) is 1. The molecule has 1 atom stereocenters. The van der Waals surface area contributed by atoms with Crippen LogP contribution >= 0.6 is 11.8 Å². The van der Waals surface area contributed by atoms with Crippen molar-refractivity contribution in [2.24, 2.45) is 5.92 Å². The third-order valence-corrected chi connectivity index (χ3v) is 5.79. The van der Waals surface area contributed by atoms with Gasteiger partial charge in [-0.2, -0.15) is 0 Å². The summed E-state index contributed by atoms with van der Waals surface area (Å²) in [5.41, 5.74) is 0.343. The van der Waals surface area contributed by atoms with E-state index in [1.807, 2.05) is 51.1 Å². The van der Waals surface area contributed by atoms with Crippen LogP contribution in [0.15, 0.2) is 41.8 Å². The third-order valence-electron chi connectivity index (χ3n) is 4.73. The van der Waals surface area contributed by atoms with Gasteiger partial charge in [-0.1, -0.05) is 18.2 Å². The Labute approximate surface area is 185 Å². The van der Waals surface area contributed by atoms with E-state index in [1.54, 1.807) is 23.7 Å². The highest BCUT2D eigenvalue weighted by Gasteiger charge is 2.26. The highest BCUT2D eigenvalue weighted by molar-refractivity contribution is 7.99. The number of carbonyl (C=O) groups is 2. The predicted octanol–water partition coefficient (Wildman–Crippen LogP) is 4.48. The number of carbonyl (C=O) groups excluding carboxylic acids is 2. The van der Waals surface area contributed by atoms with E-state index in [9.17, 15) is 9.59 Å². The predicted molar refractivity (Wildman–Crippen MR) is 124 cm³/mol. The van der Waals surface area contributed by atoms with Gasteiger partial charge in [0.15, 0.2) is 0 Å². The van der Waals surface area contributed by atoms with Crippen LogP contribution < -0.4 is 5.32 Å². The lowest BCUT2D eigenvalue weighted by Crippen LogP contribution is -2.45. The summed E-state index contributed by atoms with van der Waals surface area (Å²) in [6.45, 7) is 12.0. The number of para-hydroxylation sites is 1. The monoisotopic (exact) mass is 433 g/mol. The second-order valence-corrected chi connectivity index (χ2v) is 9.81. The van der Waals surface area contributed by atoms with Crippen molar-refractivity contribution < 1.29 is 14.3 Å². The first-order valence-electron chi connectivity index (χ1n) is 10.5. The molecule has 0 saturated carbocycles. The number of likely N-dealkylation sites (tertiary alicyclic amines) is 1. The molecule has 6 nitrogen and oxygen atoms in total. The van der Waals surface area contributed by atoms with Crippen LogP contribution in [0.2, 0.25) is 0 Å². The molecule has 1 aromatic rings. The summed E-state index contributed by atoms with van der Waals surface area (Å²) in [6, 6.07) is 7.83. The fourth-order valence-corrected chi connectivity index (χ4v) is 4.23. The lowest BCUT2D eigenvalue weighted by atomic mass is 9.97. The van der Waals surface area contributed by atoms with Gasteiger partial charge in [0.1, 0.15) is 5.60 Å². The van der Waals surface area contributed by atoms with Crippen molar-refractivity contribution in [1.29, 1.82) is 0 Å². The van der Waals surface area contributed by atoms with Crippen molar-refractivity contribution in [3.63, 3.8) is 0 Å². The van der Waals surface area contributed by atoms with Crippen LogP contribution in [-0.4, -0.2) is 66.4 Å². The molecule has 2 amide bonds. The Morgan fingerprint density at radius 1 is 1.37 bits per heavy atom. The molecule has 1 saturated heterocycles. The lowest BCUT2D eigenvalue weighted by Gasteiger charge is -2.34. The zero-order valence-corrected chi connectivity index (χ0v) is 19.5. The number of hydrogen-bond acceptors (Lipinski definition) is 5. The number of rotatable bonds is 8. The number of nitrogens with one attached hydrogen (secondary N) is 1. The molecule has 30 heavy (non-hydrogen) atoms. The van der Waals surface area contributed by atoms with Gasteiger partial charge in [0, 0.05) is 30.8 Å². The molecular weight excluding hydrogens is 398 g/mol. The van der Waals surface area contributed by atoms with Crippen LogP contribution in [0.5, 0.6) is 0 Å². The van der Waals surface area contributed by atoms with E-state index in [2.05, 4.69) is 16.8 Å². The molecule has 2 rings (SSSR count). The van der Waals surface area contributed by atoms with E-state index >= 15 is 0 Å². The minimum atomic E-state index is -0.498. The normalized spacial score (nSPS) is 17.3. The molecule has 1 aromatic carbocycles. The molecular formula is C23H35N3O3S. The van der Waals surface area contributed by atoms with Crippen LogP contribution in [0, 0.1) is 5.92 Å². The summed E-state index contributed by atoms with van der Waals surface area (Å²) >= 11 is 1.65. The second-order valence-electron chi connectivity index (χ2n) is 8.75. The number of anilines is 1. The van der Waals surface area contributed by atoms with Crippen molar-refractivity contribution in [3.05, 3.63) is 36.9 Å². The van der Waals surface area contributed by atoms with Crippen LogP contribution in [0.3, 0.4) is 0 Å². The first-order valence-corrected chi connectivity index (χ1v) is 11.5. The SMILES string of the molecule is C=CCSc1ccccc1NC(=O)CN1CCCC(CN(C)C(=O)OC(C)(C)C)C1. The Hall–Kier alpha value is -1.99. The topological polar surface area (TPSA) is 61.9 Å². The highest BCUT2D eigenvalue weighted by Crippen LogP contribution is 2.27. The summed E-state index contributed by atoms with van der Waals surface area (Å²) in [6.07, 6.45) is 3.62. The first kappa shape index (κ1) is 24.3. The number of thioether (sulfide) groups is 1. The van der Waals surface area contributed by atoms with Gasteiger partial charge in [-0.15, -0.1) is 18.3 Å². The molecule has 1 N–H and O–H groups in total. The molecule has 1 aliphatic heterocycles. The van der Waals surface area contributed by atoms with E-state index < -0.39 is 5.60 Å². The van der Waals surface area contributed by atoms with Crippen LogP contribution in [-0.2, 0) is 9.53 Å². The van der Waals surface area contributed by atoms with Gasteiger partial charge >= 0.3 is 6.09 Å². The van der Waals surface area contributed by atoms with Crippen LogP contribution in [0.1, 0.15) is 33.6 Å². The van der Waals surface area contributed by atoms with Crippen molar-refractivity contribution in [1.82, 2.24) is 9.80 Å². The van der Waals surface area contributed by atoms with E-state index in [1.165, 1.54) is 0 Å². The molecule has 0 bridgehead atoms. The second kappa shape index (κ2) is 11.4. The molecule has 166 valence electrons. The molecule has 1 aliphatic rings. The third kappa shape index (κ3) is 8.40. The molecule has 0 spiro atoms. The van der Waals surface area contributed by atoms with Gasteiger partial charge in [-0.05, 0) is 58.2 Å². The van der Waals surface area contributed by atoms with Crippen molar-refractivity contribution in [2.45, 2.75) is 44.1 Å². The quantitative estimate of drug-likeness (QED) is 0.484. The summed E-state index contributed by atoms with van der Waals surface area (Å²) in [7, 11) is 1.78. The molecule has 0 radical (unpaired) electrons. The zero-order chi connectivity index (χ0) is 22.1. The summed E-state index contributed by atoms with van der Waals surface area (Å²) in [5.74, 6) is 1.12. The van der Waals surface area contributed by atoms with E-state index in [4.69, 9.17) is 4.74 Å². The Morgan fingerprint density at radius 3 is 2.80 bits per heavy atom. The van der Waals surface area contributed by atoms with Gasteiger partial charge < -0.3 is 15.0 Å². The minimum absolute atomic E-state index is 0.0113. The van der Waals surface area contributed by atoms with Crippen molar-refractivity contribution >= 4 is 29.4 Å². The van der Waals surface area contributed by atoms with Gasteiger partial charge in [-0.25, -0.2) is 4.79 Å². The highest BCUT2D eigenvalue weighted by atomic mass is 32.2. The summed E-state index contributed by atoms with van der Waals surface area (Å²) in [4.78, 5) is 29.7. The maximum Gasteiger partial charge on any atom is 0.410 e. The van der Waals surface area contributed by atoms with Crippen LogP contribution in [0.4, 0.5) is 10.5 Å². The maximum absolute atomic E-state index is 12.6. The van der Waals surface area contributed by atoms with Crippen LogP contribution in [0.25, 0.3) is 0 Å². The Bertz CT molecular complexity index is 733. The molecule has 7 heteroatoms. The zero-order valence-electron chi connectivity index (χ0n) is 18.6. The van der Waals surface area contributed by atoms with Gasteiger partial charge in [0.05, 0.1) is 12.2 Å². The number of ether oxygens (including phenoxy) is 1. The Morgan fingerprint density at radius 2 is 2.10 bits per heavy atom.